The van der Waals surface area contributed by atoms with Gasteiger partial charge in [-0.2, -0.15) is 10.4 Å². The highest BCUT2D eigenvalue weighted by molar-refractivity contribution is 5.97. The third kappa shape index (κ3) is 2.19. The lowest BCUT2D eigenvalue weighted by atomic mass is 9.95. The van der Waals surface area contributed by atoms with Crippen LogP contribution in [0, 0.1) is 18.3 Å². The first-order chi connectivity index (χ1) is 10.7. The van der Waals surface area contributed by atoms with Crippen molar-refractivity contribution in [3.8, 4) is 17.3 Å². The van der Waals surface area contributed by atoms with Crippen LogP contribution in [0.2, 0.25) is 0 Å². The van der Waals surface area contributed by atoms with Crippen molar-refractivity contribution in [3.05, 3.63) is 41.3 Å². The molecule has 1 unspecified atom stereocenters. The van der Waals surface area contributed by atoms with Crippen molar-refractivity contribution in [2.75, 3.05) is 6.54 Å². The Morgan fingerprint density at radius 1 is 1.45 bits per heavy atom. The number of azo groups is 1. The van der Waals surface area contributed by atoms with Crippen LogP contribution in [0.3, 0.4) is 0 Å². The molecule has 0 saturated heterocycles. The number of carbonyl (C=O) groups excluding carboxylic acids is 1. The normalized spacial score (nSPS) is 16.4. The van der Waals surface area contributed by atoms with E-state index in [9.17, 15) is 4.79 Å². The smallest absolute Gasteiger partial charge is 0.295 e. The minimum Gasteiger partial charge on any atom is -0.328 e. The van der Waals surface area contributed by atoms with Crippen molar-refractivity contribution in [2.45, 2.75) is 19.5 Å². The number of hydrogen-bond acceptors (Lipinski definition) is 5. The summed E-state index contributed by atoms with van der Waals surface area (Å²) in [7, 11) is 0. The van der Waals surface area contributed by atoms with Gasteiger partial charge in [0.2, 0.25) is 0 Å². The van der Waals surface area contributed by atoms with E-state index in [2.05, 4.69) is 21.3 Å². The van der Waals surface area contributed by atoms with Crippen molar-refractivity contribution in [1.29, 1.82) is 5.26 Å². The fourth-order valence-electron chi connectivity index (χ4n) is 2.57. The van der Waals surface area contributed by atoms with E-state index >= 15 is 0 Å². The topological polar surface area (TPSA) is 109 Å². The highest BCUT2D eigenvalue weighted by Gasteiger charge is 2.24. The molecule has 0 fully saturated rings. The van der Waals surface area contributed by atoms with Gasteiger partial charge in [0.15, 0.2) is 0 Å². The fourth-order valence-corrected chi connectivity index (χ4v) is 2.57. The molecule has 1 aliphatic heterocycles. The van der Waals surface area contributed by atoms with E-state index in [1.807, 2.05) is 23.6 Å². The molecule has 0 saturated carbocycles. The molecule has 22 heavy (non-hydrogen) atoms. The van der Waals surface area contributed by atoms with E-state index in [-0.39, 0.29) is 25.0 Å². The maximum absolute atomic E-state index is 11.8. The molecule has 2 N–H and O–H groups in total. The third-order valence-electron chi connectivity index (χ3n) is 3.73. The maximum atomic E-state index is 11.8. The molecular weight excluding hydrogens is 280 g/mol. The zero-order valence-corrected chi connectivity index (χ0v) is 12.0. The average molecular weight is 294 g/mol. The van der Waals surface area contributed by atoms with Crippen molar-refractivity contribution < 1.29 is 4.79 Å². The van der Waals surface area contributed by atoms with Gasteiger partial charge in [-0.15, -0.1) is 5.11 Å². The Bertz CT molecular complexity index is 814. The van der Waals surface area contributed by atoms with Crippen LogP contribution in [-0.4, -0.2) is 22.0 Å². The summed E-state index contributed by atoms with van der Waals surface area (Å²) in [6, 6.07) is 7.25. The first-order valence-corrected chi connectivity index (χ1v) is 6.84. The molecule has 2 heterocycles. The standard InChI is InChI=1S/C15H14N6O/c1-9-18-8-14(21(9)5-4-16)10-2-3-11-12(6-10)13(7-17)19-20-15(11)22/h2-3,6,8,13H,5,7,17H2,1H3. The summed E-state index contributed by atoms with van der Waals surface area (Å²) >= 11 is 0. The van der Waals surface area contributed by atoms with Gasteiger partial charge in [-0.3, -0.25) is 4.79 Å². The van der Waals surface area contributed by atoms with Crippen molar-refractivity contribution >= 4 is 5.91 Å². The van der Waals surface area contributed by atoms with Crippen molar-refractivity contribution in [2.24, 2.45) is 16.0 Å². The maximum Gasteiger partial charge on any atom is 0.295 e. The lowest BCUT2D eigenvalue weighted by Crippen LogP contribution is -2.17. The van der Waals surface area contributed by atoms with Gasteiger partial charge in [0, 0.05) is 17.7 Å². The number of amides is 1. The predicted molar refractivity (Wildman–Crippen MR) is 79.0 cm³/mol. The van der Waals surface area contributed by atoms with Gasteiger partial charge < -0.3 is 10.3 Å². The Balaban J connectivity index is 2.12. The average Bonchev–Trinajstić information content (AvgIpc) is 2.89. The lowest BCUT2D eigenvalue weighted by Gasteiger charge is -2.18. The molecule has 1 aromatic heterocycles. The van der Waals surface area contributed by atoms with Crippen LogP contribution in [0.1, 0.15) is 27.8 Å². The predicted octanol–water partition coefficient (Wildman–Crippen LogP) is 1.99. The molecule has 3 rings (SSSR count). The number of imidazole rings is 1. The molecule has 7 nitrogen and oxygen atoms in total. The third-order valence-corrected chi connectivity index (χ3v) is 3.73. The van der Waals surface area contributed by atoms with Crippen LogP contribution in [0.15, 0.2) is 34.6 Å². The molecule has 1 atom stereocenters. The molecule has 7 heteroatoms. The molecule has 2 aromatic rings. The molecule has 1 amide bonds. The Morgan fingerprint density at radius 3 is 3.00 bits per heavy atom. The minimum absolute atomic E-state index is 0.219. The quantitative estimate of drug-likeness (QED) is 0.933. The number of fused-ring (bicyclic) bond motifs is 1. The largest absolute Gasteiger partial charge is 0.328 e. The van der Waals surface area contributed by atoms with E-state index in [1.165, 1.54) is 0 Å². The Hall–Kier alpha value is -2.85. The number of nitriles is 1. The molecule has 0 bridgehead atoms. The SMILES string of the molecule is Cc1ncc(-c2ccc3c(c2)C(CN)N=NC3=O)n1CC#N. The highest BCUT2D eigenvalue weighted by Crippen LogP contribution is 2.31. The van der Waals surface area contributed by atoms with Crippen LogP contribution in [-0.2, 0) is 6.54 Å². The number of benzene rings is 1. The van der Waals surface area contributed by atoms with Crippen molar-refractivity contribution in [1.82, 2.24) is 9.55 Å². The summed E-state index contributed by atoms with van der Waals surface area (Å²) in [5.41, 5.74) is 8.70. The second-order valence-corrected chi connectivity index (χ2v) is 5.01. The molecule has 0 spiro atoms. The summed E-state index contributed by atoms with van der Waals surface area (Å²) in [5.74, 6) is 0.411. The van der Waals surface area contributed by atoms with Crippen LogP contribution < -0.4 is 5.73 Å². The van der Waals surface area contributed by atoms with E-state index < -0.39 is 0 Å². The Labute approximate surface area is 127 Å². The van der Waals surface area contributed by atoms with Gasteiger partial charge >= 0.3 is 0 Å². The number of aromatic nitrogens is 2. The fraction of sp³-hybridized carbons (Fsp3) is 0.267. The minimum atomic E-state index is -0.354. The second-order valence-electron chi connectivity index (χ2n) is 5.01. The van der Waals surface area contributed by atoms with Crippen LogP contribution in [0.5, 0.6) is 0 Å². The molecule has 0 radical (unpaired) electrons. The summed E-state index contributed by atoms with van der Waals surface area (Å²) in [6.45, 7) is 2.35. The number of aryl methyl sites for hydroxylation is 1. The van der Waals surface area contributed by atoms with Gasteiger partial charge in [0.1, 0.15) is 18.4 Å². The Morgan fingerprint density at radius 2 is 2.27 bits per heavy atom. The number of nitrogens with zero attached hydrogens (tertiary/aromatic N) is 5. The van der Waals surface area contributed by atoms with Gasteiger partial charge in [-0.1, -0.05) is 6.07 Å². The molecular formula is C15H14N6O. The molecule has 1 aromatic carbocycles. The van der Waals surface area contributed by atoms with Crippen LogP contribution >= 0.6 is 0 Å². The molecule has 1 aliphatic rings. The zero-order chi connectivity index (χ0) is 15.7. The van der Waals surface area contributed by atoms with Crippen LogP contribution in [0.4, 0.5) is 0 Å². The van der Waals surface area contributed by atoms with Gasteiger partial charge in [0.05, 0.1) is 18.0 Å². The van der Waals surface area contributed by atoms with Crippen molar-refractivity contribution in [3.63, 3.8) is 0 Å². The first-order valence-electron chi connectivity index (χ1n) is 6.84. The van der Waals surface area contributed by atoms with Gasteiger partial charge in [-0.25, -0.2) is 4.98 Å². The summed E-state index contributed by atoms with van der Waals surface area (Å²) < 4.78 is 1.82. The summed E-state index contributed by atoms with van der Waals surface area (Å²) in [4.78, 5) is 16.1. The van der Waals surface area contributed by atoms with Gasteiger partial charge in [0.25, 0.3) is 5.91 Å². The molecule has 110 valence electrons. The monoisotopic (exact) mass is 294 g/mol. The zero-order valence-electron chi connectivity index (χ0n) is 12.0. The second kappa shape index (κ2) is 5.50. The number of nitrogens with two attached hydrogens (primary N) is 1. The molecule has 0 aliphatic carbocycles. The first kappa shape index (κ1) is 14.1. The highest BCUT2D eigenvalue weighted by atomic mass is 16.1. The van der Waals surface area contributed by atoms with Crippen LogP contribution in [0.25, 0.3) is 11.3 Å². The summed E-state index contributed by atoms with van der Waals surface area (Å²) in [6.07, 6.45) is 1.72. The summed E-state index contributed by atoms with van der Waals surface area (Å²) in [5, 5.41) is 16.5. The lowest BCUT2D eigenvalue weighted by molar-refractivity contribution is 0.0985. The van der Waals surface area contributed by atoms with E-state index in [4.69, 9.17) is 11.0 Å². The van der Waals surface area contributed by atoms with E-state index in [0.29, 0.717) is 5.56 Å². The van der Waals surface area contributed by atoms with E-state index in [1.54, 1.807) is 12.3 Å². The number of hydrogen-bond donors (Lipinski definition) is 1. The van der Waals surface area contributed by atoms with E-state index in [0.717, 1.165) is 22.6 Å². The Kier molecular flexibility index (Phi) is 3.53. The number of rotatable bonds is 3. The number of carbonyl (C=O) groups is 1. The van der Waals surface area contributed by atoms with Gasteiger partial charge in [-0.05, 0) is 24.6 Å².